The number of methoxy groups -OCH3 is 1. The van der Waals surface area contributed by atoms with Crippen molar-refractivity contribution in [2.24, 2.45) is 0 Å². The Morgan fingerprint density at radius 2 is 1.85 bits per heavy atom. The van der Waals surface area contributed by atoms with Gasteiger partial charge in [0.05, 0.1) is 31.4 Å². The molecule has 0 atom stereocenters. The molecule has 7 rings (SSSR count). The number of amides is 1. The van der Waals surface area contributed by atoms with Gasteiger partial charge in [0.25, 0.3) is 5.91 Å². The van der Waals surface area contributed by atoms with Crippen LogP contribution in [0.5, 0.6) is 6.01 Å². The van der Waals surface area contributed by atoms with E-state index in [1.54, 1.807) is 19.1 Å². The van der Waals surface area contributed by atoms with Gasteiger partial charge < -0.3 is 19.3 Å². The van der Waals surface area contributed by atoms with Crippen molar-refractivity contribution in [1.82, 2.24) is 29.8 Å². The number of pyridine rings is 1. The molecule has 2 aromatic carbocycles. The third kappa shape index (κ3) is 4.85. The zero-order chi connectivity index (χ0) is 32.2. The van der Waals surface area contributed by atoms with Crippen molar-refractivity contribution in [3.8, 4) is 17.3 Å². The average Bonchev–Trinajstić information content (AvgIpc) is 3.04. The number of aromatic nitrogens is 5. The van der Waals surface area contributed by atoms with Crippen LogP contribution < -0.4 is 9.64 Å². The Balaban J connectivity index is 1.26. The van der Waals surface area contributed by atoms with E-state index in [1.807, 2.05) is 4.90 Å². The highest BCUT2D eigenvalue weighted by Crippen LogP contribution is 2.38. The lowest BCUT2D eigenvalue weighted by atomic mass is 9.91. The minimum atomic E-state index is -1.12. The molecule has 14 heteroatoms. The minimum Gasteiger partial charge on any atom is -0.467 e. The van der Waals surface area contributed by atoms with Gasteiger partial charge in [0.1, 0.15) is 28.4 Å². The van der Waals surface area contributed by atoms with E-state index in [0.29, 0.717) is 11.2 Å². The molecule has 5 heterocycles. The third-order valence-corrected chi connectivity index (χ3v) is 8.23. The Morgan fingerprint density at radius 1 is 1.02 bits per heavy atom. The topological polar surface area (TPSA) is 106 Å². The second-order valence-corrected chi connectivity index (χ2v) is 11.1. The van der Waals surface area contributed by atoms with Crippen LogP contribution in [0.25, 0.3) is 39.0 Å². The summed E-state index contributed by atoms with van der Waals surface area (Å²) in [5.74, 6) is -4.13. The summed E-state index contributed by atoms with van der Waals surface area (Å²) in [4.78, 5) is 37.8. The smallest absolute Gasteiger partial charge is 0.318 e. The molecule has 0 radical (unpaired) electrons. The van der Waals surface area contributed by atoms with Gasteiger partial charge in [-0.2, -0.15) is 9.97 Å². The zero-order valence-corrected chi connectivity index (χ0v) is 24.6. The second-order valence-electron chi connectivity index (χ2n) is 11.1. The lowest BCUT2D eigenvalue weighted by molar-refractivity contribution is -0.167. The summed E-state index contributed by atoms with van der Waals surface area (Å²) in [6, 6.07) is 8.42. The van der Waals surface area contributed by atoms with Crippen LogP contribution in [0.2, 0.25) is 0 Å². The van der Waals surface area contributed by atoms with Gasteiger partial charge in [-0.15, -0.1) is 0 Å². The van der Waals surface area contributed by atoms with Crippen LogP contribution in [0, 0.1) is 24.4 Å². The van der Waals surface area contributed by atoms with Crippen molar-refractivity contribution in [3.63, 3.8) is 0 Å². The molecule has 5 aromatic rings. The van der Waals surface area contributed by atoms with Crippen molar-refractivity contribution < 1.29 is 31.8 Å². The maximum Gasteiger partial charge on any atom is 0.318 e. The van der Waals surface area contributed by atoms with Crippen LogP contribution in [0.15, 0.2) is 54.6 Å². The molecule has 2 aliphatic heterocycles. The molecular formula is C32H25F4N7O3. The Morgan fingerprint density at radius 3 is 2.59 bits per heavy atom. The van der Waals surface area contributed by atoms with Crippen LogP contribution in [-0.4, -0.2) is 81.2 Å². The van der Waals surface area contributed by atoms with E-state index < -0.39 is 34.7 Å². The fourth-order valence-corrected chi connectivity index (χ4v) is 5.98. The molecule has 46 heavy (non-hydrogen) atoms. The molecule has 2 saturated heterocycles. The molecule has 0 N–H and O–H groups in total. The van der Waals surface area contributed by atoms with Crippen LogP contribution in [0.3, 0.4) is 0 Å². The largest absolute Gasteiger partial charge is 0.467 e. The molecule has 0 unspecified atom stereocenters. The first kappa shape index (κ1) is 29.5. The fraction of sp³-hybridized carbons (Fsp3) is 0.250. The lowest BCUT2D eigenvalue weighted by Crippen LogP contribution is -2.73. The highest BCUT2D eigenvalue weighted by atomic mass is 19.2. The number of anilines is 1. The zero-order valence-electron chi connectivity index (χ0n) is 24.6. The highest BCUT2D eigenvalue weighted by Gasteiger charge is 2.51. The van der Waals surface area contributed by atoms with Gasteiger partial charge in [0.2, 0.25) is 0 Å². The molecule has 3 aromatic heterocycles. The number of halogens is 4. The number of ether oxygens (including phenoxy) is 2. The standard InChI is InChI=1S/C32H25F4N7O3/c1-17-37-9-8-19(39-17)12-23(34)30(44)43-11-10-42(14-32(43)15-46-16-32)29-21-13-38-27(26(36)28(21)40-31(41-29)45-2)20-5-3-4-18-6-7-22(33)25(35)24(18)20/h3-9,12-13H,10-11,14-16H2,1-2H3/b23-12-. The van der Waals surface area contributed by atoms with Gasteiger partial charge in [-0.3, -0.25) is 9.78 Å². The first-order valence-electron chi connectivity index (χ1n) is 14.3. The summed E-state index contributed by atoms with van der Waals surface area (Å²) in [6.45, 7) is 2.46. The predicted molar refractivity (Wildman–Crippen MR) is 160 cm³/mol. The van der Waals surface area contributed by atoms with Crippen molar-refractivity contribution in [2.75, 3.05) is 44.9 Å². The SMILES string of the molecule is COc1nc(N2CCN(C(=O)/C(F)=C/c3ccnc(C)n3)C3(COC3)C2)c2cnc(-c3cccc4ccc(F)c(F)c34)c(F)c2n1. The van der Waals surface area contributed by atoms with E-state index in [-0.39, 0.29) is 77.9 Å². The molecule has 1 amide bonds. The highest BCUT2D eigenvalue weighted by molar-refractivity contribution is 6.00. The van der Waals surface area contributed by atoms with Gasteiger partial charge in [0, 0.05) is 49.1 Å². The normalized spacial score (nSPS) is 16.3. The van der Waals surface area contributed by atoms with E-state index in [9.17, 15) is 13.6 Å². The summed E-state index contributed by atoms with van der Waals surface area (Å²) >= 11 is 0. The van der Waals surface area contributed by atoms with E-state index >= 15 is 8.78 Å². The van der Waals surface area contributed by atoms with E-state index in [1.165, 1.54) is 42.6 Å². The van der Waals surface area contributed by atoms with Gasteiger partial charge in [-0.1, -0.05) is 24.3 Å². The van der Waals surface area contributed by atoms with Gasteiger partial charge in [-0.25, -0.2) is 27.5 Å². The van der Waals surface area contributed by atoms with Crippen LogP contribution in [0.1, 0.15) is 11.5 Å². The quantitative estimate of drug-likeness (QED) is 0.200. The molecule has 2 fully saturated rings. The van der Waals surface area contributed by atoms with Crippen LogP contribution in [-0.2, 0) is 9.53 Å². The minimum absolute atomic E-state index is 0.0536. The maximum atomic E-state index is 16.3. The number of aryl methyl sites for hydroxylation is 1. The number of carbonyl (C=O) groups is 1. The van der Waals surface area contributed by atoms with Crippen molar-refractivity contribution in [1.29, 1.82) is 0 Å². The Labute approximate surface area is 259 Å². The summed E-state index contributed by atoms with van der Waals surface area (Å²) in [5.41, 5.74) is -0.941. The number of fused-ring (bicyclic) bond motifs is 2. The molecule has 234 valence electrons. The van der Waals surface area contributed by atoms with E-state index in [2.05, 4.69) is 24.9 Å². The second kappa shape index (κ2) is 11.3. The molecule has 0 saturated carbocycles. The number of hydrogen-bond donors (Lipinski definition) is 0. The Kier molecular flexibility index (Phi) is 7.23. The van der Waals surface area contributed by atoms with Crippen molar-refractivity contribution in [2.45, 2.75) is 12.5 Å². The van der Waals surface area contributed by atoms with Gasteiger partial charge >= 0.3 is 6.01 Å². The monoisotopic (exact) mass is 631 g/mol. The Hall–Kier alpha value is -5.24. The number of carbonyl (C=O) groups excluding carboxylic acids is 1. The summed E-state index contributed by atoms with van der Waals surface area (Å²) < 4.78 is 71.4. The molecule has 2 aliphatic rings. The molecular weight excluding hydrogens is 606 g/mol. The van der Waals surface area contributed by atoms with Gasteiger partial charge in [0.15, 0.2) is 23.3 Å². The lowest BCUT2D eigenvalue weighted by Gasteiger charge is -2.55. The maximum absolute atomic E-state index is 16.3. The average molecular weight is 632 g/mol. The summed E-state index contributed by atoms with van der Waals surface area (Å²) in [7, 11) is 1.33. The van der Waals surface area contributed by atoms with E-state index in [0.717, 1.165) is 12.1 Å². The number of piperazine rings is 1. The number of nitrogens with zero attached hydrogens (tertiary/aromatic N) is 7. The van der Waals surface area contributed by atoms with Crippen molar-refractivity contribution in [3.05, 3.63) is 83.6 Å². The van der Waals surface area contributed by atoms with Crippen LogP contribution in [0.4, 0.5) is 23.4 Å². The number of benzene rings is 2. The molecule has 0 aliphatic carbocycles. The Bertz CT molecular complexity index is 2070. The van der Waals surface area contributed by atoms with E-state index in [4.69, 9.17) is 9.47 Å². The molecule has 0 bridgehead atoms. The molecule has 10 nitrogen and oxygen atoms in total. The first-order chi connectivity index (χ1) is 22.2. The summed E-state index contributed by atoms with van der Waals surface area (Å²) in [5, 5.41) is 0.491. The number of rotatable bonds is 5. The first-order valence-corrected chi connectivity index (χ1v) is 14.3. The van der Waals surface area contributed by atoms with Crippen molar-refractivity contribution >= 4 is 39.5 Å². The van der Waals surface area contributed by atoms with Crippen LogP contribution >= 0.6 is 0 Å². The summed E-state index contributed by atoms with van der Waals surface area (Å²) in [6.07, 6.45) is 3.92. The third-order valence-electron chi connectivity index (χ3n) is 8.23. The molecule has 1 spiro atoms. The number of hydrogen-bond acceptors (Lipinski definition) is 9. The predicted octanol–water partition coefficient (Wildman–Crippen LogP) is 4.80. The fourth-order valence-electron chi connectivity index (χ4n) is 5.98. The van der Waals surface area contributed by atoms with Gasteiger partial charge in [-0.05, 0) is 24.4 Å².